The van der Waals surface area contributed by atoms with Gasteiger partial charge in [-0.15, -0.1) is 10.2 Å². The quantitative estimate of drug-likeness (QED) is 0.647. The number of carboxylic acids is 1. The van der Waals surface area contributed by atoms with Crippen LogP contribution in [0.4, 0.5) is 0 Å². The highest BCUT2D eigenvalue weighted by molar-refractivity contribution is 5.84. The summed E-state index contributed by atoms with van der Waals surface area (Å²) in [5.41, 5.74) is -0.113. The minimum absolute atomic E-state index is 0.113. The number of nitrogens with zero attached hydrogens (tertiary/aromatic N) is 2. The molecule has 1 aromatic heterocycles. The molecule has 0 aromatic carbocycles. The van der Waals surface area contributed by atoms with Gasteiger partial charge in [0.25, 0.3) is 0 Å². The number of rotatable bonds is 9. The van der Waals surface area contributed by atoms with Crippen LogP contribution in [0.2, 0.25) is 0 Å². The van der Waals surface area contributed by atoms with Gasteiger partial charge in [-0.05, 0) is 12.5 Å². The molecule has 1 heterocycles. The van der Waals surface area contributed by atoms with Gasteiger partial charge in [0, 0.05) is 26.4 Å². The van der Waals surface area contributed by atoms with E-state index >= 15 is 0 Å². The van der Waals surface area contributed by atoms with Gasteiger partial charge in [-0.25, -0.2) is 4.79 Å². The third-order valence-electron chi connectivity index (χ3n) is 1.97. The number of methoxy groups -OCH3 is 1. The Hall–Kier alpha value is -1.73. The summed E-state index contributed by atoms with van der Waals surface area (Å²) in [7, 11) is 1.64. The summed E-state index contributed by atoms with van der Waals surface area (Å²) >= 11 is 0. The molecule has 0 atom stereocenters. The van der Waals surface area contributed by atoms with E-state index in [2.05, 4.69) is 10.2 Å². The first-order valence-electron chi connectivity index (χ1n) is 5.50. The molecular formula is C11H16N2O5. The van der Waals surface area contributed by atoms with Crippen LogP contribution in [-0.2, 0) is 9.47 Å². The van der Waals surface area contributed by atoms with E-state index < -0.39 is 5.97 Å². The zero-order valence-electron chi connectivity index (χ0n) is 10.2. The second-order valence-electron chi connectivity index (χ2n) is 3.37. The Morgan fingerprint density at radius 1 is 1.22 bits per heavy atom. The molecule has 1 N–H and O–H groups in total. The minimum atomic E-state index is -1.12. The van der Waals surface area contributed by atoms with Crippen LogP contribution < -0.4 is 4.74 Å². The Bertz CT molecular complexity index is 355. The van der Waals surface area contributed by atoms with E-state index in [1.807, 2.05) is 0 Å². The van der Waals surface area contributed by atoms with E-state index in [-0.39, 0.29) is 11.6 Å². The molecule has 0 unspecified atom stereocenters. The lowest BCUT2D eigenvalue weighted by molar-refractivity contribution is 0.0687. The lowest BCUT2D eigenvalue weighted by Crippen LogP contribution is -2.10. The molecule has 1 rings (SSSR count). The van der Waals surface area contributed by atoms with E-state index in [0.29, 0.717) is 26.4 Å². The Labute approximate surface area is 105 Å². The molecule has 0 saturated carbocycles. The maximum atomic E-state index is 10.5. The first-order valence-corrected chi connectivity index (χ1v) is 5.50. The van der Waals surface area contributed by atoms with Crippen LogP contribution in [0, 0.1) is 0 Å². The van der Waals surface area contributed by atoms with Crippen LogP contribution in [0.25, 0.3) is 0 Å². The molecule has 18 heavy (non-hydrogen) atoms. The molecule has 7 heteroatoms. The largest absolute Gasteiger partial charge is 0.476 e. The zero-order chi connectivity index (χ0) is 13.2. The van der Waals surface area contributed by atoms with Gasteiger partial charge < -0.3 is 19.3 Å². The Morgan fingerprint density at radius 2 is 2.06 bits per heavy atom. The van der Waals surface area contributed by atoms with Crippen LogP contribution in [0.5, 0.6) is 5.88 Å². The van der Waals surface area contributed by atoms with E-state index in [4.69, 9.17) is 19.3 Å². The number of carboxylic acid groups (broad SMARTS) is 1. The molecule has 0 radical (unpaired) electrons. The summed E-state index contributed by atoms with van der Waals surface area (Å²) in [6, 6.07) is 2.80. The molecule has 0 fully saturated rings. The predicted molar refractivity (Wildman–Crippen MR) is 61.8 cm³/mol. The first-order chi connectivity index (χ1) is 8.74. The van der Waals surface area contributed by atoms with Crippen molar-refractivity contribution in [1.29, 1.82) is 0 Å². The van der Waals surface area contributed by atoms with Crippen molar-refractivity contribution in [2.45, 2.75) is 6.42 Å². The lowest BCUT2D eigenvalue weighted by atomic mass is 10.4. The van der Waals surface area contributed by atoms with Gasteiger partial charge in [-0.3, -0.25) is 0 Å². The zero-order valence-corrected chi connectivity index (χ0v) is 10.2. The number of aromatic nitrogens is 2. The molecule has 0 spiro atoms. The average molecular weight is 256 g/mol. The van der Waals surface area contributed by atoms with Crippen molar-refractivity contribution in [1.82, 2.24) is 10.2 Å². The van der Waals surface area contributed by atoms with Gasteiger partial charge in [0.15, 0.2) is 5.69 Å². The number of hydrogen-bond donors (Lipinski definition) is 1. The summed E-state index contributed by atoms with van der Waals surface area (Å²) in [5.74, 6) is -0.837. The number of ether oxygens (including phenoxy) is 3. The van der Waals surface area contributed by atoms with Crippen LogP contribution in [-0.4, -0.2) is 54.8 Å². The van der Waals surface area contributed by atoms with E-state index in [0.717, 1.165) is 6.42 Å². The first kappa shape index (κ1) is 14.3. The molecule has 0 aliphatic heterocycles. The second-order valence-corrected chi connectivity index (χ2v) is 3.37. The van der Waals surface area contributed by atoms with Gasteiger partial charge in [0.2, 0.25) is 5.88 Å². The van der Waals surface area contributed by atoms with Crippen molar-refractivity contribution >= 4 is 5.97 Å². The standard InChI is InChI=1S/C11H16N2O5/c1-16-5-2-6-17-7-8-18-10-4-3-9(11(14)15)12-13-10/h3-4H,2,5-8H2,1H3,(H,14,15). The Morgan fingerprint density at radius 3 is 2.67 bits per heavy atom. The van der Waals surface area contributed by atoms with Crippen molar-refractivity contribution in [3.8, 4) is 5.88 Å². The second kappa shape index (κ2) is 8.37. The van der Waals surface area contributed by atoms with Crippen LogP contribution in [0.15, 0.2) is 12.1 Å². The summed E-state index contributed by atoms with van der Waals surface area (Å²) in [5, 5.41) is 15.7. The highest BCUT2D eigenvalue weighted by Gasteiger charge is 2.05. The van der Waals surface area contributed by atoms with Crippen molar-refractivity contribution in [2.75, 3.05) is 33.5 Å². The maximum Gasteiger partial charge on any atom is 0.356 e. The van der Waals surface area contributed by atoms with Crippen LogP contribution in [0.1, 0.15) is 16.9 Å². The number of aromatic carboxylic acids is 1. The lowest BCUT2D eigenvalue weighted by Gasteiger charge is -2.05. The smallest absolute Gasteiger partial charge is 0.356 e. The highest BCUT2D eigenvalue weighted by atomic mass is 16.5. The van der Waals surface area contributed by atoms with Crippen LogP contribution >= 0.6 is 0 Å². The molecule has 0 saturated heterocycles. The molecule has 100 valence electrons. The normalized spacial score (nSPS) is 10.3. The van der Waals surface area contributed by atoms with Gasteiger partial charge >= 0.3 is 5.97 Å². The third kappa shape index (κ3) is 5.55. The molecule has 0 bridgehead atoms. The van der Waals surface area contributed by atoms with E-state index in [1.165, 1.54) is 12.1 Å². The van der Waals surface area contributed by atoms with Gasteiger partial charge in [-0.2, -0.15) is 0 Å². The summed E-state index contributed by atoms with van der Waals surface area (Å²) in [6.45, 7) is 2.06. The summed E-state index contributed by atoms with van der Waals surface area (Å²) in [6.07, 6.45) is 0.837. The van der Waals surface area contributed by atoms with Crippen molar-refractivity contribution in [3.63, 3.8) is 0 Å². The van der Waals surface area contributed by atoms with Crippen molar-refractivity contribution in [2.24, 2.45) is 0 Å². The molecule has 7 nitrogen and oxygen atoms in total. The van der Waals surface area contributed by atoms with Crippen molar-refractivity contribution in [3.05, 3.63) is 17.8 Å². The molecule has 0 aliphatic carbocycles. The Kier molecular flexibility index (Phi) is 6.67. The molecule has 0 aliphatic rings. The minimum Gasteiger partial charge on any atom is -0.476 e. The summed E-state index contributed by atoms with van der Waals surface area (Å²) < 4.78 is 15.4. The topological polar surface area (TPSA) is 90.8 Å². The highest BCUT2D eigenvalue weighted by Crippen LogP contribution is 2.04. The SMILES string of the molecule is COCCCOCCOc1ccc(C(=O)O)nn1. The number of carbonyl (C=O) groups is 1. The fourth-order valence-electron chi connectivity index (χ4n) is 1.12. The van der Waals surface area contributed by atoms with E-state index in [1.54, 1.807) is 7.11 Å². The average Bonchev–Trinajstić information content (AvgIpc) is 2.38. The predicted octanol–water partition coefficient (Wildman–Crippen LogP) is 0.607. The summed E-state index contributed by atoms with van der Waals surface area (Å²) in [4.78, 5) is 10.5. The van der Waals surface area contributed by atoms with E-state index in [9.17, 15) is 4.79 Å². The number of hydrogen-bond acceptors (Lipinski definition) is 6. The molecule has 0 amide bonds. The molecular weight excluding hydrogens is 240 g/mol. The fraction of sp³-hybridized carbons (Fsp3) is 0.545. The third-order valence-corrected chi connectivity index (χ3v) is 1.97. The Balaban J connectivity index is 2.14. The van der Waals surface area contributed by atoms with Gasteiger partial charge in [0.1, 0.15) is 6.61 Å². The van der Waals surface area contributed by atoms with Crippen LogP contribution in [0.3, 0.4) is 0 Å². The van der Waals surface area contributed by atoms with Gasteiger partial charge in [-0.1, -0.05) is 0 Å². The fourth-order valence-corrected chi connectivity index (χ4v) is 1.12. The van der Waals surface area contributed by atoms with Crippen molar-refractivity contribution < 1.29 is 24.1 Å². The maximum absolute atomic E-state index is 10.5. The molecule has 1 aromatic rings. The monoisotopic (exact) mass is 256 g/mol. The van der Waals surface area contributed by atoms with Gasteiger partial charge in [0.05, 0.1) is 6.61 Å².